The van der Waals surface area contributed by atoms with Crippen molar-refractivity contribution in [1.82, 2.24) is 15.4 Å². The maximum atomic E-state index is 6.29. The number of fused-ring (bicyclic) bond motifs is 3. The fourth-order valence-electron chi connectivity index (χ4n) is 2.32. The van der Waals surface area contributed by atoms with E-state index in [-0.39, 0.29) is 0 Å². The smallest absolute Gasteiger partial charge is 0.139 e. The molecule has 0 saturated heterocycles. The average molecular weight is 353 g/mol. The summed E-state index contributed by atoms with van der Waals surface area (Å²) >= 11 is 9.76. The summed E-state index contributed by atoms with van der Waals surface area (Å²) in [6.45, 7) is 3.17. The largest absolute Gasteiger partial charge is 0.305 e. The van der Waals surface area contributed by atoms with E-state index in [0.29, 0.717) is 5.15 Å². The molecule has 1 aliphatic heterocycles. The van der Waals surface area contributed by atoms with E-state index in [0.717, 1.165) is 38.8 Å². The molecule has 0 saturated carbocycles. The minimum absolute atomic E-state index is 0.532. The van der Waals surface area contributed by atoms with Gasteiger partial charge in [-0.25, -0.2) is 4.98 Å². The van der Waals surface area contributed by atoms with Gasteiger partial charge in [0.05, 0.1) is 5.52 Å². The van der Waals surface area contributed by atoms with Crippen LogP contribution in [0.2, 0.25) is 5.15 Å². The van der Waals surface area contributed by atoms with Crippen molar-refractivity contribution in [2.75, 3.05) is 6.54 Å². The van der Waals surface area contributed by atoms with Gasteiger partial charge >= 0.3 is 0 Å². The van der Waals surface area contributed by atoms with E-state index in [2.05, 4.69) is 50.5 Å². The molecule has 1 aromatic heterocycles. The lowest BCUT2D eigenvalue weighted by molar-refractivity contribution is 0.353. The number of nitrogens with zero attached hydrogens (tertiary/aromatic N) is 2. The Bertz CT molecular complexity index is 773. The van der Waals surface area contributed by atoms with Crippen LogP contribution in [0.25, 0.3) is 23.3 Å². The molecule has 5 heteroatoms. The van der Waals surface area contributed by atoms with Crippen molar-refractivity contribution in [1.29, 1.82) is 0 Å². The van der Waals surface area contributed by atoms with Crippen LogP contribution < -0.4 is 15.9 Å². The predicted molar refractivity (Wildman–Crippen MR) is 87.4 cm³/mol. The summed E-state index contributed by atoms with van der Waals surface area (Å²) in [5.41, 5.74) is 4.15. The fourth-order valence-corrected chi connectivity index (χ4v) is 2.92. The quantitative estimate of drug-likeness (QED) is 0.861. The molecular formula is C15H15BrClN3. The molecule has 3 rings (SSSR count). The Labute approximate surface area is 131 Å². The molecule has 0 spiro atoms. The third-order valence-electron chi connectivity index (χ3n) is 3.39. The Hall–Kier alpha value is -1.26. The van der Waals surface area contributed by atoms with Crippen LogP contribution in [0.5, 0.6) is 0 Å². The number of hydrogen-bond acceptors (Lipinski definition) is 3. The first-order chi connectivity index (χ1) is 9.69. The Kier molecular flexibility index (Phi) is 3.85. The fraction of sp³-hybridized carbons (Fsp3) is 0.267. The average Bonchev–Trinajstić information content (AvgIpc) is 2.44. The van der Waals surface area contributed by atoms with Crippen molar-refractivity contribution in [2.24, 2.45) is 0 Å². The van der Waals surface area contributed by atoms with Gasteiger partial charge in [0.25, 0.3) is 0 Å². The second-order valence-electron chi connectivity index (χ2n) is 4.84. The molecule has 2 heterocycles. The van der Waals surface area contributed by atoms with Crippen LogP contribution >= 0.6 is 27.5 Å². The van der Waals surface area contributed by atoms with Crippen LogP contribution in [0, 0.1) is 0 Å². The highest BCUT2D eigenvalue weighted by atomic mass is 79.9. The highest BCUT2D eigenvalue weighted by Crippen LogP contribution is 2.16. The van der Waals surface area contributed by atoms with Crippen LogP contribution in [-0.2, 0) is 0 Å². The van der Waals surface area contributed by atoms with Gasteiger partial charge in [0.1, 0.15) is 5.15 Å². The van der Waals surface area contributed by atoms with Crippen LogP contribution in [0.15, 0.2) is 22.7 Å². The number of rotatable bonds is 3. The maximum Gasteiger partial charge on any atom is 0.139 e. The lowest BCUT2D eigenvalue weighted by Crippen LogP contribution is -2.43. The molecule has 0 radical (unpaired) electrons. The van der Waals surface area contributed by atoms with Crippen molar-refractivity contribution in [3.05, 3.63) is 38.3 Å². The summed E-state index contributed by atoms with van der Waals surface area (Å²) in [5.74, 6) is 0. The minimum atomic E-state index is 0.532. The molecule has 0 atom stereocenters. The second kappa shape index (κ2) is 5.62. The Balaban J connectivity index is 2.22. The first kappa shape index (κ1) is 13.7. The van der Waals surface area contributed by atoms with Crippen LogP contribution in [-0.4, -0.2) is 16.5 Å². The topological polar surface area (TPSA) is 28.2 Å². The number of aromatic nitrogens is 1. The third-order valence-corrected chi connectivity index (χ3v) is 4.17. The number of pyridine rings is 1. The predicted octanol–water partition coefficient (Wildman–Crippen LogP) is 2.75. The summed E-state index contributed by atoms with van der Waals surface area (Å²) in [5, 5.41) is 5.83. The SMILES string of the molecule is CCCCN1C=c2c(c(Cl)nc3cc(Br)ccc23)=CN1. The van der Waals surface area contributed by atoms with Gasteiger partial charge in [-0.1, -0.05) is 46.9 Å². The summed E-state index contributed by atoms with van der Waals surface area (Å²) in [7, 11) is 0. The van der Waals surface area contributed by atoms with Crippen molar-refractivity contribution < 1.29 is 0 Å². The van der Waals surface area contributed by atoms with E-state index in [1.54, 1.807) is 0 Å². The second-order valence-corrected chi connectivity index (χ2v) is 6.11. The molecule has 0 unspecified atom stereocenters. The van der Waals surface area contributed by atoms with Gasteiger partial charge in [-0.05, 0) is 18.6 Å². The first-order valence-electron chi connectivity index (χ1n) is 6.68. The summed E-state index contributed by atoms with van der Waals surface area (Å²) < 4.78 is 1.01. The summed E-state index contributed by atoms with van der Waals surface area (Å²) in [4.78, 5) is 4.46. The summed E-state index contributed by atoms with van der Waals surface area (Å²) in [6, 6.07) is 6.10. The molecule has 20 heavy (non-hydrogen) atoms. The summed E-state index contributed by atoms with van der Waals surface area (Å²) in [6.07, 6.45) is 6.37. The molecule has 1 aliphatic rings. The first-order valence-corrected chi connectivity index (χ1v) is 7.86. The van der Waals surface area contributed by atoms with E-state index < -0.39 is 0 Å². The highest BCUT2D eigenvalue weighted by molar-refractivity contribution is 9.10. The number of benzene rings is 1. The van der Waals surface area contributed by atoms with Crippen LogP contribution in [0.3, 0.4) is 0 Å². The normalized spacial score (nSPS) is 13.4. The van der Waals surface area contributed by atoms with Gasteiger partial charge in [-0.3, -0.25) is 5.01 Å². The lowest BCUT2D eigenvalue weighted by Gasteiger charge is -2.23. The van der Waals surface area contributed by atoms with E-state index in [1.165, 1.54) is 6.42 Å². The van der Waals surface area contributed by atoms with Crippen LogP contribution in [0.4, 0.5) is 0 Å². The van der Waals surface area contributed by atoms with Gasteiger partial charge in [0.15, 0.2) is 0 Å². The third kappa shape index (κ3) is 2.50. The van der Waals surface area contributed by atoms with Crippen molar-refractivity contribution in [3.63, 3.8) is 0 Å². The number of hydrogen-bond donors (Lipinski definition) is 1. The van der Waals surface area contributed by atoms with Crippen molar-refractivity contribution in [3.8, 4) is 0 Å². The van der Waals surface area contributed by atoms with E-state index in [9.17, 15) is 0 Å². The van der Waals surface area contributed by atoms with Gasteiger partial charge in [0, 0.05) is 39.2 Å². The molecular weight excluding hydrogens is 338 g/mol. The maximum absolute atomic E-state index is 6.29. The minimum Gasteiger partial charge on any atom is -0.305 e. The van der Waals surface area contributed by atoms with Crippen molar-refractivity contribution in [2.45, 2.75) is 19.8 Å². The number of nitrogens with one attached hydrogen (secondary N) is 1. The van der Waals surface area contributed by atoms with Gasteiger partial charge < -0.3 is 5.43 Å². The Morgan fingerprint density at radius 1 is 1.35 bits per heavy atom. The van der Waals surface area contributed by atoms with E-state index in [4.69, 9.17) is 11.6 Å². The number of hydrazine groups is 1. The Morgan fingerprint density at radius 2 is 2.20 bits per heavy atom. The zero-order chi connectivity index (χ0) is 14.1. The highest BCUT2D eigenvalue weighted by Gasteiger charge is 2.09. The zero-order valence-corrected chi connectivity index (χ0v) is 13.5. The van der Waals surface area contributed by atoms with Gasteiger partial charge in [-0.2, -0.15) is 0 Å². The Morgan fingerprint density at radius 3 is 3.00 bits per heavy atom. The van der Waals surface area contributed by atoms with Gasteiger partial charge in [0.2, 0.25) is 0 Å². The number of halogens is 2. The molecule has 1 N–H and O–H groups in total. The molecule has 104 valence electrons. The standard InChI is InChI=1S/C15H15BrClN3/c1-2-3-6-20-9-13-11-5-4-10(16)7-14(11)19-15(17)12(13)8-18-20/h4-5,7-9,18H,2-3,6H2,1H3. The molecule has 0 bridgehead atoms. The molecule has 1 aromatic carbocycles. The number of unbranched alkanes of at least 4 members (excludes halogenated alkanes) is 1. The van der Waals surface area contributed by atoms with Crippen molar-refractivity contribution >= 4 is 50.8 Å². The van der Waals surface area contributed by atoms with Gasteiger partial charge in [-0.15, -0.1) is 0 Å². The molecule has 2 aromatic rings. The van der Waals surface area contributed by atoms with E-state index in [1.807, 2.05) is 18.3 Å². The van der Waals surface area contributed by atoms with Crippen LogP contribution in [0.1, 0.15) is 19.8 Å². The monoisotopic (exact) mass is 351 g/mol. The van der Waals surface area contributed by atoms with E-state index >= 15 is 0 Å². The molecule has 0 aliphatic carbocycles. The molecule has 0 fully saturated rings. The lowest BCUT2D eigenvalue weighted by atomic mass is 10.1. The molecule has 3 nitrogen and oxygen atoms in total. The molecule has 0 amide bonds. The zero-order valence-electron chi connectivity index (χ0n) is 11.2.